The van der Waals surface area contributed by atoms with Crippen molar-refractivity contribution in [2.24, 2.45) is 0 Å². The summed E-state index contributed by atoms with van der Waals surface area (Å²) in [6.07, 6.45) is 0. The molecule has 0 bridgehead atoms. The number of para-hydroxylation sites is 1. The minimum Gasteiger partial charge on any atom is -0.310 e. The Balaban J connectivity index is 1.37. The predicted octanol–water partition coefficient (Wildman–Crippen LogP) is 10.8. The van der Waals surface area contributed by atoms with Crippen molar-refractivity contribution in [3.8, 4) is 33.4 Å². The van der Waals surface area contributed by atoms with E-state index < -0.39 is 0 Å². The van der Waals surface area contributed by atoms with Gasteiger partial charge in [-0.25, -0.2) is 0 Å². The van der Waals surface area contributed by atoms with Gasteiger partial charge in [-0.3, -0.25) is 0 Å². The molecule has 1 aliphatic heterocycles. The third-order valence-corrected chi connectivity index (χ3v) is 8.27. The van der Waals surface area contributed by atoms with Gasteiger partial charge >= 0.3 is 0 Å². The third kappa shape index (κ3) is 4.12. The zero-order valence-corrected chi connectivity index (χ0v) is 22.9. The molecule has 0 radical (unpaired) electrons. The lowest BCUT2D eigenvalue weighted by atomic mass is 9.72. The van der Waals surface area contributed by atoms with Gasteiger partial charge in [-0.05, 0) is 80.9 Å². The molecule has 0 saturated heterocycles. The first-order valence-corrected chi connectivity index (χ1v) is 14.0. The number of nitrogens with zero attached hydrogens (tertiary/aromatic N) is 1. The van der Waals surface area contributed by atoms with Crippen molar-refractivity contribution in [3.05, 3.63) is 163 Å². The van der Waals surface area contributed by atoms with Gasteiger partial charge in [0.25, 0.3) is 0 Å². The van der Waals surface area contributed by atoms with Crippen LogP contribution in [0, 0.1) is 0 Å². The highest BCUT2D eigenvalue weighted by Crippen LogP contribution is 2.53. The van der Waals surface area contributed by atoms with Crippen LogP contribution in [-0.4, -0.2) is 0 Å². The average molecular weight is 514 g/mol. The molecule has 40 heavy (non-hydrogen) atoms. The van der Waals surface area contributed by atoms with E-state index in [2.05, 4.69) is 170 Å². The predicted molar refractivity (Wildman–Crippen MR) is 170 cm³/mol. The fourth-order valence-electron chi connectivity index (χ4n) is 6.07. The Morgan fingerprint density at radius 1 is 0.375 bits per heavy atom. The van der Waals surface area contributed by atoms with E-state index in [1.54, 1.807) is 0 Å². The highest BCUT2D eigenvalue weighted by Gasteiger charge is 2.37. The first-order chi connectivity index (χ1) is 19.6. The molecule has 0 saturated carbocycles. The van der Waals surface area contributed by atoms with E-state index in [0.29, 0.717) is 0 Å². The van der Waals surface area contributed by atoms with Gasteiger partial charge in [0.1, 0.15) is 0 Å². The van der Waals surface area contributed by atoms with Crippen molar-refractivity contribution in [3.63, 3.8) is 0 Å². The van der Waals surface area contributed by atoms with Crippen molar-refractivity contribution >= 4 is 17.1 Å². The van der Waals surface area contributed by atoms with Gasteiger partial charge in [-0.2, -0.15) is 0 Å². The Labute approximate surface area is 237 Å². The second-order valence-corrected chi connectivity index (χ2v) is 11.1. The molecule has 0 fully saturated rings. The van der Waals surface area contributed by atoms with E-state index in [-0.39, 0.29) is 5.41 Å². The summed E-state index contributed by atoms with van der Waals surface area (Å²) in [6.45, 7) is 4.73. The molecular weight excluding hydrogens is 482 g/mol. The van der Waals surface area contributed by atoms with Crippen molar-refractivity contribution < 1.29 is 0 Å². The van der Waals surface area contributed by atoms with Crippen molar-refractivity contribution in [1.29, 1.82) is 0 Å². The van der Waals surface area contributed by atoms with E-state index in [1.807, 2.05) is 0 Å². The molecule has 0 N–H and O–H groups in total. The van der Waals surface area contributed by atoms with Crippen LogP contribution in [0.1, 0.15) is 25.0 Å². The van der Waals surface area contributed by atoms with Gasteiger partial charge < -0.3 is 4.90 Å². The van der Waals surface area contributed by atoms with Crippen LogP contribution in [0.5, 0.6) is 0 Å². The van der Waals surface area contributed by atoms with Crippen molar-refractivity contribution in [2.75, 3.05) is 4.90 Å². The number of anilines is 3. The van der Waals surface area contributed by atoms with Gasteiger partial charge in [0.2, 0.25) is 0 Å². The molecule has 1 aliphatic rings. The van der Waals surface area contributed by atoms with Gasteiger partial charge in [0.15, 0.2) is 0 Å². The Bertz CT molecular complexity index is 1780. The van der Waals surface area contributed by atoms with Gasteiger partial charge in [-0.15, -0.1) is 0 Å². The standard InChI is InChI=1S/C39H31N/c1-39(2)35-26-32(29-14-8-4-9-15-29)22-24-37(35)40(34-16-10-5-11-17-34)38-25-23-33(27-36(38)39)31-20-18-30(19-21-31)28-12-6-3-7-13-28/h3-27H,1-2H3. The van der Waals surface area contributed by atoms with Crippen LogP contribution in [-0.2, 0) is 5.41 Å². The van der Waals surface area contributed by atoms with Crippen LogP contribution in [0.15, 0.2) is 152 Å². The number of fused-ring (bicyclic) bond motifs is 2. The fourth-order valence-corrected chi connectivity index (χ4v) is 6.07. The smallest absolute Gasteiger partial charge is 0.0503 e. The summed E-state index contributed by atoms with van der Waals surface area (Å²) < 4.78 is 0. The second kappa shape index (κ2) is 9.70. The highest BCUT2D eigenvalue weighted by atomic mass is 15.2. The van der Waals surface area contributed by atoms with Crippen LogP contribution in [0.25, 0.3) is 33.4 Å². The lowest BCUT2D eigenvalue weighted by molar-refractivity contribution is 0.632. The molecule has 0 spiro atoms. The quantitative estimate of drug-likeness (QED) is 0.227. The van der Waals surface area contributed by atoms with Gasteiger partial charge in [-0.1, -0.05) is 129 Å². The van der Waals surface area contributed by atoms with E-state index >= 15 is 0 Å². The molecule has 0 aromatic heterocycles. The van der Waals surface area contributed by atoms with Crippen molar-refractivity contribution in [2.45, 2.75) is 19.3 Å². The molecule has 0 amide bonds. The van der Waals surface area contributed by atoms with Crippen LogP contribution in [0.4, 0.5) is 17.1 Å². The lowest BCUT2D eigenvalue weighted by Crippen LogP contribution is -2.30. The maximum absolute atomic E-state index is 2.42. The summed E-state index contributed by atoms with van der Waals surface area (Å²) in [6, 6.07) is 54.9. The number of hydrogen-bond acceptors (Lipinski definition) is 1. The molecular formula is C39H31N. The van der Waals surface area contributed by atoms with Crippen LogP contribution >= 0.6 is 0 Å². The van der Waals surface area contributed by atoms with Crippen LogP contribution in [0.3, 0.4) is 0 Å². The minimum absolute atomic E-state index is 0.180. The van der Waals surface area contributed by atoms with E-state index in [0.717, 1.165) is 0 Å². The largest absolute Gasteiger partial charge is 0.310 e. The first kappa shape index (κ1) is 24.2. The Hall–Kier alpha value is -4.88. The average Bonchev–Trinajstić information content (AvgIpc) is 3.02. The lowest BCUT2D eigenvalue weighted by Gasteiger charge is -2.42. The zero-order valence-electron chi connectivity index (χ0n) is 22.9. The maximum Gasteiger partial charge on any atom is 0.0503 e. The Morgan fingerprint density at radius 3 is 1.20 bits per heavy atom. The maximum atomic E-state index is 2.42. The monoisotopic (exact) mass is 513 g/mol. The first-order valence-electron chi connectivity index (χ1n) is 14.0. The third-order valence-electron chi connectivity index (χ3n) is 8.27. The molecule has 0 aliphatic carbocycles. The molecule has 6 aromatic carbocycles. The Morgan fingerprint density at radius 2 is 0.725 bits per heavy atom. The molecule has 1 heteroatoms. The SMILES string of the molecule is CC1(C)c2cc(-c3ccccc3)ccc2N(c2ccccc2)c2ccc(-c3ccc(-c4ccccc4)cc3)cc21. The van der Waals surface area contributed by atoms with E-state index in [4.69, 9.17) is 0 Å². The van der Waals surface area contributed by atoms with Crippen LogP contribution < -0.4 is 4.90 Å². The molecule has 6 aromatic rings. The van der Waals surface area contributed by atoms with E-state index in [1.165, 1.54) is 61.6 Å². The topological polar surface area (TPSA) is 3.24 Å². The zero-order chi connectivity index (χ0) is 27.1. The molecule has 1 heterocycles. The summed E-state index contributed by atoms with van der Waals surface area (Å²) in [5.41, 5.74) is 13.6. The van der Waals surface area contributed by atoms with E-state index in [9.17, 15) is 0 Å². The number of hydrogen-bond donors (Lipinski definition) is 0. The minimum atomic E-state index is -0.180. The molecule has 192 valence electrons. The normalized spacial score (nSPS) is 13.4. The van der Waals surface area contributed by atoms with Crippen molar-refractivity contribution in [1.82, 2.24) is 0 Å². The van der Waals surface area contributed by atoms with Gasteiger partial charge in [0, 0.05) is 11.1 Å². The molecule has 1 nitrogen and oxygen atoms in total. The van der Waals surface area contributed by atoms with Crippen LogP contribution in [0.2, 0.25) is 0 Å². The molecule has 7 rings (SSSR count). The summed E-state index contributed by atoms with van der Waals surface area (Å²) in [5.74, 6) is 0. The summed E-state index contributed by atoms with van der Waals surface area (Å²) in [4.78, 5) is 2.42. The molecule has 0 atom stereocenters. The molecule has 0 unspecified atom stereocenters. The highest BCUT2D eigenvalue weighted by molar-refractivity contribution is 5.89. The summed E-state index contributed by atoms with van der Waals surface area (Å²) in [5, 5.41) is 0. The summed E-state index contributed by atoms with van der Waals surface area (Å²) >= 11 is 0. The fraction of sp³-hybridized carbons (Fsp3) is 0.0769. The number of rotatable bonds is 4. The Kier molecular flexibility index (Phi) is 5.86. The summed E-state index contributed by atoms with van der Waals surface area (Å²) in [7, 11) is 0. The van der Waals surface area contributed by atoms with Gasteiger partial charge in [0.05, 0.1) is 11.4 Å². The second-order valence-electron chi connectivity index (χ2n) is 11.1. The number of benzene rings is 6.